The van der Waals surface area contributed by atoms with Gasteiger partial charge in [0.15, 0.2) is 0 Å². The Hall–Kier alpha value is -0.570. The van der Waals surface area contributed by atoms with Crippen molar-refractivity contribution in [3.63, 3.8) is 0 Å². The summed E-state index contributed by atoms with van der Waals surface area (Å²) in [5, 5.41) is 0. The van der Waals surface area contributed by atoms with Gasteiger partial charge >= 0.3 is 0 Å². The number of nitrogens with zero attached hydrogens (tertiary/aromatic N) is 2. The van der Waals surface area contributed by atoms with Gasteiger partial charge in [0.25, 0.3) is 0 Å². The quantitative estimate of drug-likeness (QED) is 0.649. The molecule has 0 aromatic heterocycles. The van der Waals surface area contributed by atoms with Crippen LogP contribution in [0.3, 0.4) is 0 Å². The number of likely N-dealkylation sites (N-methyl/N-ethyl adjacent to an activating group) is 1. The van der Waals surface area contributed by atoms with E-state index < -0.39 is 0 Å². The van der Waals surface area contributed by atoms with Crippen LogP contribution in [0.5, 0.6) is 0 Å². The number of amides is 1. The minimum atomic E-state index is 0.267. The van der Waals surface area contributed by atoms with E-state index in [1.807, 2.05) is 11.9 Å². The molecule has 0 bridgehead atoms. The van der Waals surface area contributed by atoms with Gasteiger partial charge in [-0.15, -0.1) is 0 Å². The molecule has 3 heteroatoms. The lowest BCUT2D eigenvalue weighted by molar-refractivity contribution is -0.130. The molecule has 0 atom stereocenters. The zero-order valence-corrected chi connectivity index (χ0v) is 8.75. The third kappa shape index (κ3) is 3.35. The van der Waals surface area contributed by atoms with E-state index in [2.05, 4.69) is 11.8 Å². The Morgan fingerprint density at radius 3 is 2.54 bits per heavy atom. The standard InChI is InChI=1S/C10H20N2O/c1-3-6-11(2)10(13)9-12-7-4-5-8-12/h3-9H2,1-2H3. The van der Waals surface area contributed by atoms with Crippen LogP contribution in [0.2, 0.25) is 0 Å². The molecule has 1 saturated heterocycles. The second-order valence-electron chi connectivity index (χ2n) is 3.80. The molecule has 1 aliphatic rings. The molecule has 1 fully saturated rings. The van der Waals surface area contributed by atoms with Crippen LogP contribution in [0.1, 0.15) is 26.2 Å². The molecule has 1 amide bonds. The molecule has 0 unspecified atom stereocenters. The summed E-state index contributed by atoms with van der Waals surface area (Å²) < 4.78 is 0. The van der Waals surface area contributed by atoms with Crippen LogP contribution in [0.4, 0.5) is 0 Å². The maximum Gasteiger partial charge on any atom is 0.236 e. The number of likely N-dealkylation sites (tertiary alicyclic amines) is 1. The minimum Gasteiger partial charge on any atom is -0.345 e. The molecule has 0 radical (unpaired) electrons. The molecule has 1 heterocycles. The maximum atomic E-state index is 11.6. The molecule has 0 saturated carbocycles. The van der Waals surface area contributed by atoms with Crippen LogP contribution in [-0.2, 0) is 4.79 Å². The third-order valence-electron chi connectivity index (χ3n) is 2.54. The summed E-state index contributed by atoms with van der Waals surface area (Å²) in [4.78, 5) is 15.6. The van der Waals surface area contributed by atoms with Gasteiger partial charge in [-0.2, -0.15) is 0 Å². The first-order valence-electron chi connectivity index (χ1n) is 5.20. The number of carbonyl (C=O) groups is 1. The predicted octanol–water partition coefficient (Wildman–Crippen LogP) is 0.951. The van der Waals surface area contributed by atoms with Crippen LogP contribution in [0.25, 0.3) is 0 Å². The summed E-state index contributed by atoms with van der Waals surface area (Å²) >= 11 is 0. The summed E-state index contributed by atoms with van der Waals surface area (Å²) in [5.41, 5.74) is 0. The van der Waals surface area contributed by atoms with Gasteiger partial charge in [0, 0.05) is 13.6 Å². The molecular weight excluding hydrogens is 164 g/mol. The number of hydrogen-bond donors (Lipinski definition) is 0. The zero-order chi connectivity index (χ0) is 9.68. The van der Waals surface area contributed by atoms with E-state index in [0.717, 1.165) is 26.1 Å². The van der Waals surface area contributed by atoms with E-state index >= 15 is 0 Å². The van der Waals surface area contributed by atoms with Gasteiger partial charge < -0.3 is 4.90 Å². The topological polar surface area (TPSA) is 23.6 Å². The lowest BCUT2D eigenvalue weighted by atomic mass is 10.4. The molecule has 3 nitrogen and oxygen atoms in total. The average molecular weight is 184 g/mol. The van der Waals surface area contributed by atoms with Crippen LogP contribution in [-0.4, -0.2) is 48.9 Å². The first-order chi connectivity index (χ1) is 6.24. The summed E-state index contributed by atoms with van der Waals surface area (Å²) in [7, 11) is 1.89. The lowest BCUT2D eigenvalue weighted by Gasteiger charge is -2.20. The first-order valence-corrected chi connectivity index (χ1v) is 5.20. The second-order valence-corrected chi connectivity index (χ2v) is 3.80. The van der Waals surface area contributed by atoms with Gasteiger partial charge in [-0.25, -0.2) is 0 Å². The Morgan fingerprint density at radius 1 is 1.38 bits per heavy atom. The van der Waals surface area contributed by atoms with Gasteiger partial charge in [0.1, 0.15) is 0 Å². The van der Waals surface area contributed by atoms with Gasteiger partial charge in [-0.05, 0) is 32.4 Å². The molecule has 13 heavy (non-hydrogen) atoms. The van der Waals surface area contributed by atoms with Crippen molar-refractivity contribution >= 4 is 5.91 Å². The van der Waals surface area contributed by atoms with Crippen LogP contribution in [0.15, 0.2) is 0 Å². The molecule has 76 valence electrons. The zero-order valence-electron chi connectivity index (χ0n) is 8.75. The highest BCUT2D eigenvalue weighted by atomic mass is 16.2. The Bertz CT molecular complexity index is 164. The fourth-order valence-corrected chi connectivity index (χ4v) is 1.71. The fourth-order valence-electron chi connectivity index (χ4n) is 1.71. The fraction of sp³-hybridized carbons (Fsp3) is 0.900. The van der Waals surface area contributed by atoms with Crippen molar-refractivity contribution < 1.29 is 4.79 Å². The molecular formula is C10H20N2O. The summed E-state index contributed by atoms with van der Waals surface area (Å²) in [5.74, 6) is 0.267. The number of hydrogen-bond acceptors (Lipinski definition) is 2. The van der Waals surface area contributed by atoms with E-state index in [4.69, 9.17) is 0 Å². The van der Waals surface area contributed by atoms with Crippen molar-refractivity contribution in [3.05, 3.63) is 0 Å². The highest BCUT2D eigenvalue weighted by Crippen LogP contribution is 2.06. The Morgan fingerprint density at radius 2 is 2.00 bits per heavy atom. The van der Waals surface area contributed by atoms with Crippen LogP contribution >= 0.6 is 0 Å². The van der Waals surface area contributed by atoms with E-state index in [1.54, 1.807) is 0 Å². The van der Waals surface area contributed by atoms with Crippen LogP contribution in [0, 0.1) is 0 Å². The first kappa shape index (κ1) is 10.5. The smallest absolute Gasteiger partial charge is 0.236 e. The average Bonchev–Trinajstić information content (AvgIpc) is 2.57. The Labute approximate surface area is 80.7 Å². The third-order valence-corrected chi connectivity index (χ3v) is 2.54. The maximum absolute atomic E-state index is 11.6. The van der Waals surface area contributed by atoms with Gasteiger partial charge in [-0.1, -0.05) is 6.92 Å². The molecule has 1 rings (SSSR count). The second kappa shape index (κ2) is 5.22. The van der Waals surface area contributed by atoms with Crippen molar-refractivity contribution in [3.8, 4) is 0 Å². The summed E-state index contributed by atoms with van der Waals surface area (Å²) in [6.45, 7) is 5.81. The lowest BCUT2D eigenvalue weighted by Crippen LogP contribution is -2.37. The molecule has 0 N–H and O–H groups in total. The largest absolute Gasteiger partial charge is 0.345 e. The van der Waals surface area contributed by atoms with Gasteiger partial charge in [0.2, 0.25) is 5.91 Å². The van der Waals surface area contributed by atoms with Crippen LogP contribution < -0.4 is 0 Å². The number of carbonyl (C=O) groups excluding carboxylic acids is 1. The predicted molar refractivity (Wildman–Crippen MR) is 53.6 cm³/mol. The van der Waals surface area contributed by atoms with Crippen molar-refractivity contribution in [2.45, 2.75) is 26.2 Å². The normalized spacial score (nSPS) is 17.7. The molecule has 0 aliphatic carbocycles. The minimum absolute atomic E-state index is 0.267. The van der Waals surface area contributed by atoms with Crippen molar-refractivity contribution in [1.82, 2.24) is 9.80 Å². The van der Waals surface area contributed by atoms with E-state index in [9.17, 15) is 4.79 Å². The summed E-state index contributed by atoms with van der Waals surface area (Å²) in [6.07, 6.45) is 3.55. The molecule has 0 aromatic rings. The monoisotopic (exact) mass is 184 g/mol. The Kier molecular flexibility index (Phi) is 4.22. The van der Waals surface area contributed by atoms with Crippen molar-refractivity contribution in [1.29, 1.82) is 0 Å². The highest BCUT2D eigenvalue weighted by Gasteiger charge is 2.16. The van der Waals surface area contributed by atoms with E-state index in [1.165, 1.54) is 12.8 Å². The van der Waals surface area contributed by atoms with Gasteiger partial charge in [0.05, 0.1) is 6.54 Å². The SMILES string of the molecule is CCCN(C)C(=O)CN1CCCC1. The highest BCUT2D eigenvalue weighted by molar-refractivity contribution is 5.77. The Balaban J connectivity index is 2.22. The molecule has 1 aliphatic heterocycles. The molecule has 0 aromatic carbocycles. The van der Waals surface area contributed by atoms with Crippen molar-refractivity contribution in [2.24, 2.45) is 0 Å². The van der Waals surface area contributed by atoms with E-state index in [-0.39, 0.29) is 5.91 Å². The van der Waals surface area contributed by atoms with Gasteiger partial charge in [-0.3, -0.25) is 9.69 Å². The van der Waals surface area contributed by atoms with Crippen molar-refractivity contribution in [2.75, 3.05) is 33.2 Å². The summed E-state index contributed by atoms with van der Waals surface area (Å²) in [6, 6.07) is 0. The van der Waals surface area contributed by atoms with E-state index in [0.29, 0.717) is 6.54 Å². The number of rotatable bonds is 4. The molecule has 0 spiro atoms.